The first-order valence-electron chi connectivity index (χ1n) is 5.43. The highest BCUT2D eigenvalue weighted by atomic mass is 32.2. The van der Waals surface area contributed by atoms with Gasteiger partial charge in [-0.2, -0.15) is 16.8 Å². The Bertz CT molecular complexity index is 673. The Balaban J connectivity index is 0.000000200. The molecule has 0 amide bonds. The average molecular weight is 320 g/mol. The van der Waals surface area contributed by atoms with E-state index < -0.39 is 31.7 Å². The molecule has 0 atom stereocenters. The molecule has 0 saturated heterocycles. The van der Waals surface area contributed by atoms with Crippen molar-refractivity contribution in [2.75, 3.05) is 11.5 Å². The predicted octanol–water partition coefficient (Wildman–Crippen LogP) is 0.416. The number of para-hydroxylation sites is 1. The van der Waals surface area contributed by atoms with Crippen LogP contribution < -0.4 is 4.98 Å². The largest absolute Gasteiger partial charge is 0.286 e. The molecule has 9 heteroatoms. The van der Waals surface area contributed by atoms with Crippen LogP contribution in [0.2, 0.25) is 0 Å². The van der Waals surface area contributed by atoms with Crippen LogP contribution >= 0.6 is 0 Å². The standard InChI is InChI=1S/C9H7N.C2H6O6S2/c1-2-6-9-8(4-1)5-3-7-10-9;3-9(4,5)1-2-10(6,7)8/h1-7H;1-2H2,(H,3,4,5)(H,6,7,8)/p+1. The van der Waals surface area contributed by atoms with Gasteiger partial charge in [0.25, 0.3) is 20.2 Å². The van der Waals surface area contributed by atoms with E-state index in [1.165, 1.54) is 10.9 Å². The van der Waals surface area contributed by atoms with E-state index in [0.717, 1.165) is 0 Å². The van der Waals surface area contributed by atoms with Gasteiger partial charge in [0, 0.05) is 17.5 Å². The van der Waals surface area contributed by atoms with Crippen molar-refractivity contribution in [2.24, 2.45) is 0 Å². The summed E-state index contributed by atoms with van der Waals surface area (Å²) in [6, 6.07) is 12.3. The molecular weight excluding hydrogens is 306 g/mol. The van der Waals surface area contributed by atoms with Gasteiger partial charge in [-0.3, -0.25) is 9.11 Å². The van der Waals surface area contributed by atoms with E-state index >= 15 is 0 Å². The van der Waals surface area contributed by atoms with Gasteiger partial charge in [-0.1, -0.05) is 12.1 Å². The van der Waals surface area contributed by atoms with Gasteiger partial charge < -0.3 is 0 Å². The van der Waals surface area contributed by atoms with Gasteiger partial charge >= 0.3 is 0 Å². The average Bonchev–Trinajstić information content (AvgIpc) is 2.36. The minimum atomic E-state index is -4.30. The Hall–Kier alpha value is -1.55. The van der Waals surface area contributed by atoms with Crippen LogP contribution in [0, 0.1) is 0 Å². The molecule has 0 aliphatic carbocycles. The molecule has 0 aliphatic heterocycles. The monoisotopic (exact) mass is 320 g/mol. The van der Waals surface area contributed by atoms with Crippen molar-refractivity contribution in [1.82, 2.24) is 0 Å². The molecule has 7 nitrogen and oxygen atoms in total. The third-order valence-corrected chi connectivity index (χ3v) is 3.87. The quantitative estimate of drug-likeness (QED) is 0.790. The molecule has 1 aromatic carbocycles. The second-order valence-corrected chi connectivity index (χ2v) is 6.97. The zero-order chi connectivity index (χ0) is 15.2. The summed E-state index contributed by atoms with van der Waals surface area (Å²) in [5.41, 5.74) is 1.19. The van der Waals surface area contributed by atoms with Crippen molar-refractivity contribution in [3.8, 4) is 0 Å². The topological polar surface area (TPSA) is 123 Å². The van der Waals surface area contributed by atoms with Gasteiger partial charge in [-0.05, 0) is 12.1 Å². The van der Waals surface area contributed by atoms with Crippen molar-refractivity contribution < 1.29 is 30.9 Å². The van der Waals surface area contributed by atoms with E-state index in [-0.39, 0.29) is 0 Å². The minimum Gasteiger partial charge on any atom is -0.286 e. The molecule has 0 aliphatic rings. The van der Waals surface area contributed by atoms with Crippen molar-refractivity contribution in [1.29, 1.82) is 0 Å². The summed E-state index contributed by atoms with van der Waals surface area (Å²) in [5.74, 6) is -1.96. The van der Waals surface area contributed by atoms with Crippen LogP contribution in [0.3, 0.4) is 0 Å². The van der Waals surface area contributed by atoms with Gasteiger partial charge in [0.2, 0.25) is 5.52 Å². The fraction of sp³-hybridized carbons (Fsp3) is 0.182. The molecule has 0 spiro atoms. The third kappa shape index (κ3) is 7.14. The number of nitrogens with one attached hydrogen (secondary N) is 1. The van der Waals surface area contributed by atoms with E-state index in [4.69, 9.17) is 9.11 Å². The number of H-pyrrole nitrogens is 1. The summed E-state index contributed by atoms with van der Waals surface area (Å²) in [7, 11) is -8.59. The Morgan fingerprint density at radius 1 is 0.850 bits per heavy atom. The van der Waals surface area contributed by atoms with Crippen molar-refractivity contribution in [3.63, 3.8) is 0 Å². The normalized spacial score (nSPS) is 11.7. The maximum Gasteiger partial charge on any atom is 0.265 e. The van der Waals surface area contributed by atoms with Crippen LogP contribution in [-0.2, 0) is 20.2 Å². The zero-order valence-corrected chi connectivity index (χ0v) is 11.9. The van der Waals surface area contributed by atoms with E-state index in [2.05, 4.69) is 23.2 Å². The Labute approximate surface area is 116 Å². The molecule has 0 saturated carbocycles. The fourth-order valence-corrected chi connectivity index (χ4v) is 2.96. The lowest BCUT2D eigenvalue weighted by Crippen LogP contribution is -2.15. The smallest absolute Gasteiger partial charge is 0.265 e. The number of hydrogen-bond donors (Lipinski definition) is 2. The van der Waals surface area contributed by atoms with Crippen LogP contribution in [0.25, 0.3) is 10.9 Å². The first kappa shape index (κ1) is 16.5. The molecule has 3 N–H and O–H groups in total. The number of hydrogen-bond acceptors (Lipinski definition) is 4. The van der Waals surface area contributed by atoms with E-state index in [1.807, 2.05) is 24.4 Å². The van der Waals surface area contributed by atoms with Gasteiger partial charge in [0.05, 0.1) is 11.5 Å². The summed E-state index contributed by atoms with van der Waals surface area (Å²) in [5, 5.41) is 1.25. The lowest BCUT2D eigenvalue weighted by atomic mass is 10.2. The molecule has 110 valence electrons. The van der Waals surface area contributed by atoms with Crippen LogP contribution in [-0.4, -0.2) is 37.4 Å². The lowest BCUT2D eigenvalue weighted by Gasteiger charge is -1.92. The third-order valence-electron chi connectivity index (χ3n) is 2.17. The Morgan fingerprint density at radius 3 is 1.85 bits per heavy atom. The zero-order valence-electron chi connectivity index (χ0n) is 10.3. The molecule has 0 radical (unpaired) electrons. The highest BCUT2D eigenvalue weighted by Crippen LogP contribution is 2.04. The van der Waals surface area contributed by atoms with Gasteiger partial charge in [0.1, 0.15) is 0 Å². The molecule has 0 fully saturated rings. The van der Waals surface area contributed by atoms with E-state index in [1.54, 1.807) is 0 Å². The van der Waals surface area contributed by atoms with Crippen LogP contribution in [0.1, 0.15) is 0 Å². The molecule has 1 aromatic heterocycles. The molecule has 1 heterocycles. The number of aromatic nitrogens is 1. The lowest BCUT2D eigenvalue weighted by molar-refractivity contribution is -0.344. The first-order valence-corrected chi connectivity index (χ1v) is 8.65. The van der Waals surface area contributed by atoms with Crippen LogP contribution in [0.5, 0.6) is 0 Å². The van der Waals surface area contributed by atoms with E-state index in [0.29, 0.717) is 0 Å². The number of pyridine rings is 1. The summed E-state index contributed by atoms with van der Waals surface area (Å²) in [4.78, 5) is 3.15. The van der Waals surface area contributed by atoms with Gasteiger partial charge in [0.15, 0.2) is 6.20 Å². The molecule has 0 unspecified atom stereocenters. The summed E-state index contributed by atoms with van der Waals surface area (Å²) >= 11 is 0. The second-order valence-electron chi connectivity index (χ2n) is 3.83. The Kier molecular flexibility index (Phi) is 5.57. The van der Waals surface area contributed by atoms with Crippen LogP contribution in [0.15, 0.2) is 42.6 Å². The fourth-order valence-electron chi connectivity index (χ4n) is 1.27. The van der Waals surface area contributed by atoms with Gasteiger partial charge in [-0.25, -0.2) is 4.98 Å². The molecule has 2 rings (SSSR count). The molecule has 2 aromatic rings. The van der Waals surface area contributed by atoms with Crippen molar-refractivity contribution in [3.05, 3.63) is 42.6 Å². The van der Waals surface area contributed by atoms with Gasteiger partial charge in [-0.15, -0.1) is 0 Å². The molecular formula is C11H14NO6S2+. The Morgan fingerprint density at radius 2 is 1.35 bits per heavy atom. The number of aromatic amines is 1. The highest BCUT2D eigenvalue weighted by molar-refractivity contribution is 7.89. The summed E-state index contributed by atoms with van der Waals surface area (Å²) < 4.78 is 55.4. The maximum atomic E-state index is 9.86. The summed E-state index contributed by atoms with van der Waals surface area (Å²) in [6.45, 7) is 0. The highest BCUT2D eigenvalue weighted by Gasteiger charge is 2.11. The minimum absolute atomic E-state index is 0.980. The number of benzene rings is 1. The molecule has 0 bridgehead atoms. The van der Waals surface area contributed by atoms with Crippen LogP contribution in [0.4, 0.5) is 0 Å². The second kappa shape index (κ2) is 6.75. The number of fused-ring (bicyclic) bond motifs is 1. The SMILES string of the molecule is O=S(=O)(O)CCS(=O)(=O)O.c1ccc2[nH+]cccc2c1. The predicted molar refractivity (Wildman–Crippen MR) is 73.3 cm³/mol. The van der Waals surface area contributed by atoms with E-state index in [9.17, 15) is 16.8 Å². The van der Waals surface area contributed by atoms with Crippen molar-refractivity contribution >= 4 is 31.1 Å². The maximum absolute atomic E-state index is 9.86. The summed E-state index contributed by atoms with van der Waals surface area (Å²) in [6.07, 6.45) is 1.93. The van der Waals surface area contributed by atoms with Crippen molar-refractivity contribution in [2.45, 2.75) is 0 Å². The molecule has 20 heavy (non-hydrogen) atoms. The first-order chi connectivity index (χ1) is 9.17. The number of rotatable bonds is 3.